The number of aryl methyl sites for hydroxylation is 1. The third-order valence-electron chi connectivity index (χ3n) is 6.24. The van der Waals surface area contributed by atoms with Crippen LogP contribution < -0.4 is 5.32 Å². The molecule has 39 heavy (non-hydrogen) atoms. The Labute approximate surface area is 233 Å². The first kappa shape index (κ1) is 24.8. The zero-order chi connectivity index (χ0) is 26.8. The van der Waals surface area contributed by atoms with Gasteiger partial charge in [-0.05, 0) is 48.4 Å². The number of ether oxygens (including phenoxy) is 1. The van der Waals surface area contributed by atoms with Gasteiger partial charge >= 0.3 is 5.97 Å². The zero-order valence-corrected chi connectivity index (χ0v) is 22.5. The van der Waals surface area contributed by atoms with E-state index in [1.807, 2.05) is 109 Å². The highest BCUT2D eigenvalue weighted by Crippen LogP contribution is 2.33. The number of benzene rings is 3. The summed E-state index contributed by atoms with van der Waals surface area (Å²) in [6, 6.07) is 34.4. The molecule has 0 atom stereocenters. The van der Waals surface area contributed by atoms with E-state index in [2.05, 4.69) is 10.4 Å². The largest absolute Gasteiger partial charge is 0.448 e. The molecule has 3 heterocycles. The second-order valence-corrected chi connectivity index (χ2v) is 11.0. The van der Waals surface area contributed by atoms with E-state index in [4.69, 9.17) is 4.74 Å². The van der Waals surface area contributed by atoms with Gasteiger partial charge in [-0.2, -0.15) is 5.10 Å². The van der Waals surface area contributed by atoms with E-state index in [1.54, 1.807) is 12.1 Å². The number of para-hydroxylation sites is 1. The summed E-state index contributed by atoms with van der Waals surface area (Å²) in [5.74, 6) is -0.679. The Morgan fingerprint density at radius 2 is 1.41 bits per heavy atom. The summed E-state index contributed by atoms with van der Waals surface area (Å²) in [6.07, 6.45) is -0.536. The molecule has 8 heteroatoms. The van der Waals surface area contributed by atoms with E-state index in [0.717, 1.165) is 32.7 Å². The number of carbonyl (C=O) groups excluding carboxylic acids is 2. The molecular weight excluding hydrogens is 526 g/mol. The zero-order valence-electron chi connectivity index (χ0n) is 20.9. The maximum absolute atomic E-state index is 13.1. The standard InChI is InChI=1S/C31H23N3O3S2/c1-20-24-19-26(39-30(24)34(33-20)23-15-9-4-10-16-23)29(35)32-27-18-17-25(38-27)31(36)37-28(21-11-5-2-6-12-21)22-13-7-3-8-14-22/h2-19,28H,1H3,(H,32,35). The number of esters is 1. The van der Waals surface area contributed by atoms with E-state index >= 15 is 0 Å². The third-order valence-corrected chi connectivity index (χ3v) is 8.33. The van der Waals surface area contributed by atoms with E-state index in [-0.39, 0.29) is 5.91 Å². The summed E-state index contributed by atoms with van der Waals surface area (Å²) in [6.45, 7) is 1.94. The molecule has 0 saturated carbocycles. The number of nitrogens with zero attached hydrogens (tertiary/aromatic N) is 2. The number of hydrogen-bond acceptors (Lipinski definition) is 6. The van der Waals surface area contributed by atoms with Gasteiger partial charge in [0.2, 0.25) is 0 Å². The van der Waals surface area contributed by atoms with E-state index in [1.165, 1.54) is 22.7 Å². The Hall–Kier alpha value is -4.53. The maximum atomic E-state index is 13.1. The molecule has 0 fully saturated rings. The Kier molecular flexibility index (Phi) is 6.79. The second-order valence-electron chi connectivity index (χ2n) is 8.89. The monoisotopic (exact) mass is 549 g/mol. The second kappa shape index (κ2) is 10.7. The van der Waals surface area contributed by atoms with Crippen molar-refractivity contribution < 1.29 is 14.3 Å². The van der Waals surface area contributed by atoms with Crippen molar-refractivity contribution in [3.05, 3.63) is 136 Å². The number of aromatic nitrogens is 2. The Morgan fingerprint density at radius 3 is 2.05 bits per heavy atom. The minimum atomic E-state index is -0.536. The Morgan fingerprint density at radius 1 is 0.795 bits per heavy atom. The summed E-state index contributed by atoms with van der Waals surface area (Å²) in [7, 11) is 0. The molecular formula is C31H23N3O3S2. The van der Waals surface area contributed by atoms with Crippen LogP contribution in [-0.4, -0.2) is 21.7 Å². The highest BCUT2D eigenvalue weighted by molar-refractivity contribution is 7.21. The smallest absolute Gasteiger partial charge is 0.349 e. The fourth-order valence-electron chi connectivity index (χ4n) is 4.34. The van der Waals surface area contributed by atoms with Crippen LogP contribution in [-0.2, 0) is 4.74 Å². The summed E-state index contributed by atoms with van der Waals surface area (Å²) in [5.41, 5.74) is 3.57. The predicted octanol–water partition coefficient (Wildman–Crippen LogP) is 7.66. The van der Waals surface area contributed by atoms with Crippen LogP contribution in [0.2, 0.25) is 0 Å². The van der Waals surface area contributed by atoms with E-state index in [9.17, 15) is 9.59 Å². The van der Waals surface area contributed by atoms with Crippen LogP contribution in [0.15, 0.2) is 109 Å². The van der Waals surface area contributed by atoms with E-state index in [0.29, 0.717) is 14.8 Å². The van der Waals surface area contributed by atoms with Gasteiger partial charge in [-0.1, -0.05) is 78.9 Å². The SMILES string of the molecule is Cc1nn(-c2ccccc2)c2sc(C(=O)Nc3ccc(C(=O)OC(c4ccccc4)c4ccccc4)s3)cc12. The first-order chi connectivity index (χ1) is 19.1. The summed E-state index contributed by atoms with van der Waals surface area (Å²) in [4.78, 5) is 28.1. The molecule has 0 saturated heterocycles. The number of anilines is 1. The molecule has 0 unspecified atom stereocenters. The molecule has 3 aromatic heterocycles. The number of thiophene rings is 2. The van der Waals surface area contributed by atoms with E-state index < -0.39 is 12.1 Å². The van der Waals surface area contributed by atoms with Crippen molar-refractivity contribution >= 4 is 49.8 Å². The van der Waals surface area contributed by atoms with Crippen LogP contribution in [0, 0.1) is 6.92 Å². The molecule has 0 bridgehead atoms. The predicted molar refractivity (Wildman–Crippen MR) is 156 cm³/mol. The lowest BCUT2D eigenvalue weighted by atomic mass is 10.0. The van der Waals surface area contributed by atoms with Crippen LogP contribution in [0.4, 0.5) is 5.00 Å². The van der Waals surface area contributed by atoms with Crippen molar-refractivity contribution in [1.29, 1.82) is 0 Å². The van der Waals surface area contributed by atoms with Gasteiger partial charge in [-0.3, -0.25) is 4.79 Å². The highest BCUT2D eigenvalue weighted by Gasteiger charge is 2.22. The van der Waals surface area contributed by atoms with Crippen molar-refractivity contribution in [2.24, 2.45) is 0 Å². The molecule has 0 aliphatic carbocycles. The van der Waals surface area contributed by atoms with Crippen LogP contribution in [0.25, 0.3) is 15.9 Å². The molecule has 6 rings (SSSR count). The quantitative estimate of drug-likeness (QED) is 0.208. The van der Waals surface area contributed by atoms with Crippen molar-refractivity contribution in [3.8, 4) is 5.69 Å². The minimum Gasteiger partial charge on any atom is -0.448 e. The fraction of sp³-hybridized carbons (Fsp3) is 0.0645. The van der Waals surface area contributed by atoms with Gasteiger partial charge in [0.15, 0.2) is 6.10 Å². The average molecular weight is 550 g/mol. The van der Waals surface area contributed by atoms with Gasteiger partial charge in [0.05, 0.1) is 21.3 Å². The molecule has 0 aliphatic heterocycles. The normalized spacial score (nSPS) is 11.1. The molecule has 192 valence electrons. The number of fused-ring (bicyclic) bond motifs is 1. The summed E-state index contributed by atoms with van der Waals surface area (Å²) < 4.78 is 7.82. The lowest BCUT2D eigenvalue weighted by Gasteiger charge is -2.18. The van der Waals surface area contributed by atoms with Crippen molar-refractivity contribution in [3.63, 3.8) is 0 Å². The lowest BCUT2D eigenvalue weighted by Crippen LogP contribution is -2.12. The molecule has 1 N–H and O–H groups in total. The molecule has 1 amide bonds. The Bertz CT molecular complexity index is 1720. The maximum Gasteiger partial charge on any atom is 0.349 e. The minimum absolute atomic E-state index is 0.233. The third kappa shape index (κ3) is 5.12. The highest BCUT2D eigenvalue weighted by atomic mass is 32.1. The Balaban J connectivity index is 1.19. The first-order valence-corrected chi connectivity index (χ1v) is 14.0. The van der Waals surface area contributed by atoms with Gasteiger partial charge in [0.1, 0.15) is 9.71 Å². The summed E-state index contributed by atoms with van der Waals surface area (Å²) in [5, 5.41) is 9.09. The number of nitrogens with one attached hydrogen (secondary N) is 1. The fourth-order valence-corrected chi connectivity index (χ4v) is 6.20. The molecule has 6 aromatic rings. The molecule has 0 spiro atoms. The van der Waals surface area contributed by atoms with Gasteiger partial charge < -0.3 is 10.1 Å². The molecule has 3 aromatic carbocycles. The summed E-state index contributed by atoms with van der Waals surface area (Å²) >= 11 is 2.57. The van der Waals surface area contributed by atoms with Crippen molar-refractivity contribution in [1.82, 2.24) is 9.78 Å². The number of carbonyl (C=O) groups is 2. The molecule has 0 radical (unpaired) electrons. The van der Waals surface area contributed by atoms with Crippen LogP contribution in [0.3, 0.4) is 0 Å². The number of rotatable bonds is 7. The van der Waals surface area contributed by atoms with Gasteiger partial charge in [-0.25, -0.2) is 9.48 Å². The lowest BCUT2D eigenvalue weighted by molar-refractivity contribution is 0.0384. The van der Waals surface area contributed by atoms with Crippen LogP contribution in [0.5, 0.6) is 0 Å². The first-order valence-electron chi connectivity index (χ1n) is 12.3. The van der Waals surface area contributed by atoms with Gasteiger partial charge in [0.25, 0.3) is 5.91 Å². The molecule has 6 nitrogen and oxygen atoms in total. The van der Waals surface area contributed by atoms with Crippen LogP contribution >= 0.6 is 22.7 Å². The number of hydrogen-bond donors (Lipinski definition) is 1. The average Bonchev–Trinajstić information content (AvgIpc) is 3.70. The molecule has 0 aliphatic rings. The van der Waals surface area contributed by atoms with Crippen LogP contribution in [0.1, 0.15) is 42.3 Å². The van der Waals surface area contributed by atoms with Crippen molar-refractivity contribution in [2.75, 3.05) is 5.32 Å². The van der Waals surface area contributed by atoms with Gasteiger partial charge in [-0.15, -0.1) is 22.7 Å². The topological polar surface area (TPSA) is 73.2 Å². The number of amides is 1. The van der Waals surface area contributed by atoms with Crippen molar-refractivity contribution in [2.45, 2.75) is 13.0 Å². The van der Waals surface area contributed by atoms with Gasteiger partial charge in [0, 0.05) is 5.39 Å².